The second kappa shape index (κ2) is 24.9. The summed E-state index contributed by atoms with van der Waals surface area (Å²) in [5.41, 5.74) is 0.605. The number of rotatable bonds is 1. The Kier molecular flexibility index (Phi) is 37.4. The first-order valence-electron chi connectivity index (χ1n) is 7.12. The molecule has 0 spiro atoms. The van der Waals surface area contributed by atoms with Crippen molar-refractivity contribution in [3.05, 3.63) is 75.8 Å². The van der Waals surface area contributed by atoms with Crippen LogP contribution in [0.5, 0.6) is 0 Å². The quantitative estimate of drug-likeness (QED) is 0.370. The summed E-state index contributed by atoms with van der Waals surface area (Å²) in [4.78, 5) is 9.43. The Hall–Kier alpha value is -2.30. The van der Waals surface area contributed by atoms with Crippen molar-refractivity contribution in [1.82, 2.24) is 0 Å². The molecule has 0 aliphatic heterocycles. The van der Waals surface area contributed by atoms with E-state index in [-0.39, 0.29) is 41.2 Å². The third-order valence-corrected chi connectivity index (χ3v) is 2.11. The van der Waals surface area contributed by atoms with Gasteiger partial charge in [0.15, 0.2) is 0 Å². The number of non-ortho nitro benzene ring substituents is 1. The fraction of sp³-hybridized carbons (Fsp3) is 0.429. The average Bonchev–Trinajstić information content (AvgIpc) is 2.55. The zero-order valence-electron chi connectivity index (χ0n) is 13.6. The molecule has 0 amide bonds. The van der Waals surface area contributed by atoms with Gasteiger partial charge >= 0.3 is 0 Å². The normalized spacial score (nSPS) is 6.88. The molecule has 0 aliphatic carbocycles. The van der Waals surface area contributed by atoms with Gasteiger partial charge < -0.3 is 0 Å². The zero-order valence-corrected chi connectivity index (χ0v) is 13.6. The lowest BCUT2D eigenvalue weighted by Gasteiger charge is -1.89. The fourth-order valence-electron chi connectivity index (χ4n) is 1.11. The van der Waals surface area contributed by atoms with Crippen LogP contribution in [0.1, 0.15) is 63.0 Å². The van der Waals surface area contributed by atoms with E-state index >= 15 is 0 Å². The Balaban J connectivity index is -0.0000000576. The van der Waals surface area contributed by atoms with Gasteiger partial charge in [-0.1, -0.05) is 75.6 Å². The van der Waals surface area contributed by atoms with Crippen LogP contribution >= 0.6 is 0 Å². The Morgan fingerprint density at radius 2 is 1.15 bits per heavy atom. The van der Waals surface area contributed by atoms with E-state index in [1.165, 1.54) is 6.07 Å². The number of nitrogens with zero attached hydrogens (tertiary/aromatic N) is 1. The monoisotopic (exact) mass is 375 g/mol. The van der Waals surface area contributed by atoms with Crippen LogP contribution in [0.15, 0.2) is 48.5 Å². The van der Waals surface area contributed by atoms with Crippen molar-refractivity contribution < 1.29 is 13.7 Å². The van der Waals surface area contributed by atoms with Crippen molar-refractivity contribution in [3.8, 4) is 0 Å². The lowest BCUT2D eigenvalue weighted by Crippen LogP contribution is -1.86. The van der Waals surface area contributed by atoms with Crippen molar-refractivity contribution in [2.75, 3.05) is 0 Å². The highest BCUT2D eigenvalue weighted by Crippen LogP contribution is 2.09. The van der Waals surface area contributed by atoms with E-state index in [2.05, 4.69) is 0 Å². The maximum absolute atomic E-state index is 12.3. The molecule has 0 N–H and O–H groups in total. The predicted octanol–water partition coefficient (Wildman–Crippen LogP) is 8.46. The number of nitro benzene ring substituents is 1. The van der Waals surface area contributed by atoms with Crippen LogP contribution in [-0.4, -0.2) is 4.92 Å². The molecule has 0 heterocycles. The van der Waals surface area contributed by atoms with Crippen LogP contribution in [0.3, 0.4) is 0 Å². The molecule has 5 heteroatoms. The van der Waals surface area contributed by atoms with Gasteiger partial charge in [-0.25, -0.2) is 8.78 Å². The highest BCUT2D eigenvalue weighted by Gasteiger charge is 2.02. The van der Waals surface area contributed by atoms with Gasteiger partial charge in [0.1, 0.15) is 11.6 Å². The third-order valence-electron chi connectivity index (χ3n) is 2.11. The molecule has 26 heavy (non-hydrogen) atoms. The van der Waals surface area contributed by atoms with Crippen LogP contribution in [0, 0.1) is 28.7 Å². The summed E-state index contributed by atoms with van der Waals surface area (Å²) in [5, 5.41) is 10.00. The molecular formula is C21H39F2NO2. The smallest absolute Gasteiger partial charge is 0.258 e. The summed E-state index contributed by atoms with van der Waals surface area (Å²) < 4.78 is 24.4. The first kappa shape index (κ1) is 39.0. The van der Waals surface area contributed by atoms with Gasteiger partial charge in [0.25, 0.3) is 5.69 Å². The maximum atomic E-state index is 12.3. The minimum atomic E-state index is -0.570. The van der Waals surface area contributed by atoms with E-state index < -0.39 is 10.7 Å². The van der Waals surface area contributed by atoms with Gasteiger partial charge in [0.05, 0.1) is 4.92 Å². The molecule has 0 atom stereocenters. The molecule has 2 aromatic carbocycles. The van der Waals surface area contributed by atoms with Crippen LogP contribution in [0.25, 0.3) is 0 Å². The molecule has 2 aromatic rings. The topological polar surface area (TPSA) is 43.1 Å². The molecule has 0 saturated heterocycles. The largest absolute Gasteiger partial charge is 0.269 e. The molecule has 0 fully saturated rings. The molecular weight excluding hydrogens is 336 g/mol. The number of nitro groups is 1. The van der Waals surface area contributed by atoms with Gasteiger partial charge in [0, 0.05) is 12.1 Å². The lowest BCUT2D eigenvalue weighted by molar-refractivity contribution is -0.384. The van der Waals surface area contributed by atoms with Crippen LogP contribution < -0.4 is 0 Å². The minimum absolute atomic E-state index is 0. The number of benzene rings is 2. The number of hydrogen-bond acceptors (Lipinski definition) is 2. The Labute approximate surface area is 160 Å². The molecule has 0 aliphatic rings. The second-order valence-corrected chi connectivity index (χ2v) is 3.48. The highest BCUT2D eigenvalue weighted by molar-refractivity contribution is 5.28. The zero-order chi connectivity index (χ0) is 17.5. The van der Waals surface area contributed by atoms with Gasteiger partial charge in [-0.3, -0.25) is 10.1 Å². The summed E-state index contributed by atoms with van der Waals surface area (Å²) in [6.07, 6.45) is 0. The number of hydrogen-bond donors (Lipinski definition) is 0. The van der Waals surface area contributed by atoms with Gasteiger partial charge in [-0.15, -0.1) is 0 Å². The minimum Gasteiger partial charge on any atom is -0.258 e. The highest BCUT2D eigenvalue weighted by atomic mass is 19.1. The van der Waals surface area contributed by atoms with E-state index in [0.29, 0.717) is 5.56 Å². The Morgan fingerprint density at radius 3 is 1.42 bits per heavy atom. The predicted molar refractivity (Wildman–Crippen MR) is 114 cm³/mol. The number of halogens is 2. The average molecular weight is 376 g/mol. The van der Waals surface area contributed by atoms with Crippen LogP contribution in [-0.2, 0) is 0 Å². The summed E-state index contributed by atoms with van der Waals surface area (Å²) in [5.74, 6) is -0.599. The Bertz CT molecular complexity index is 509. The van der Waals surface area contributed by atoms with Crippen LogP contribution in [0.2, 0.25) is 0 Å². The molecule has 0 unspecified atom stereocenters. The summed E-state index contributed by atoms with van der Waals surface area (Å²) >= 11 is 0. The third kappa shape index (κ3) is 18.0. The van der Waals surface area contributed by atoms with E-state index in [4.69, 9.17) is 0 Å². The van der Waals surface area contributed by atoms with E-state index in [1.807, 2.05) is 33.8 Å². The molecule has 0 saturated carbocycles. The van der Waals surface area contributed by atoms with Gasteiger partial charge in [-0.05, 0) is 30.7 Å². The Morgan fingerprint density at radius 1 is 0.769 bits per heavy atom. The SMILES string of the molecule is C.C.C.C.CC.CC.Cc1ccccc1F.O=[N+]([O-])c1ccc(F)cc1. The molecule has 0 aromatic heterocycles. The second-order valence-electron chi connectivity index (χ2n) is 3.48. The first-order chi connectivity index (χ1) is 10.5. The molecule has 0 bridgehead atoms. The van der Waals surface area contributed by atoms with Crippen molar-refractivity contribution in [2.45, 2.75) is 64.3 Å². The van der Waals surface area contributed by atoms with Crippen LogP contribution in [0.4, 0.5) is 14.5 Å². The lowest BCUT2D eigenvalue weighted by atomic mass is 10.2. The van der Waals surface area contributed by atoms with E-state index in [1.54, 1.807) is 19.1 Å². The van der Waals surface area contributed by atoms with Crippen molar-refractivity contribution in [2.24, 2.45) is 0 Å². The van der Waals surface area contributed by atoms with E-state index in [9.17, 15) is 18.9 Å². The van der Waals surface area contributed by atoms with Crippen molar-refractivity contribution in [1.29, 1.82) is 0 Å². The molecule has 3 nitrogen and oxygen atoms in total. The summed E-state index contributed by atoms with van der Waals surface area (Å²) in [6, 6.07) is 11.0. The molecule has 0 radical (unpaired) electrons. The van der Waals surface area contributed by atoms with E-state index in [0.717, 1.165) is 24.3 Å². The summed E-state index contributed by atoms with van der Waals surface area (Å²) in [6.45, 7) is 9.75. The van der Waals surface area contributed by atoms with Gasteiger partial charge in [-0.2, -0.15) is 0 Å². The first-order valence-corrected chi connectivity index (χ1v) is 7.12. The van der Waals surface area contributed by atoms with Crippen molar-refractivity contribution in [3.63, 3.8) is 0 Å². The van der Waals surface area contributed by atoms with Gasteiger partial charge in [0.2, 0.25) is 0 Å². The molecule has 154 valence electrons. The fourth-order valence-corrected chi connectivity index (χ4v) is 1.11. The van der Waals surface area contributed by atoms with Crippen molar-refractivity contribution >= 4 is 5.69 Å². The number of aryl methyl sites for hydroxylation is 1. The summed E-state index contributed by atoms with van der Waals surface area (Å²) in [7, 11) is 0. The standard InChI is InChI=1S/C7H7F.C6H4FNO2.2C2H6.4CH4/c1-6-4-2-3-5-7(6)8;7-5-1-3-6(4-2-5)8(9)10;2*1-2;;;;/h2-5H,1H3;1-4H;2*1-2H3;4*1H4. The maximum Gasteiger partial charge on any atom is 0.269 e. The molecule has 2 rings (SSSR count).